The first-order valence-corrected chi connectivity index (χ1v) is 8.61. The molecule has 2 amide bonds. The molecule has 0 N–H and O–H groups in total. The van der Waals surface area contributed by atoms with Gasteiger partial charge in [0.2, 0.25) is 5.91 Å². The van der Waals surface area contributed by atoms with Crippen molar-refractivity contribution in [2.75, 3.05) is 26.2 Å². The van der Waals surface area contributed by atoms with Crippen molar-refractivity contribution in [1.29, 1.82) is 0 Å². The number of rotatable bonds is 3. The van der Waals surface area contributed by atoms with Crippen LogP contribution in [0.15, 0.2) is 42.0 Å². The van der Waals surface area contributed by atoms with Crippen LogP contribution in [0, 0.1) is 0 Å². The van der Waals surface area contributed by atoms with E-state index in [1.54, 1.807) is 35.9 Å². The van der Waals surface area contributed by atoms with Crippen LogP contribution in [0.3, 0.4) is 0 Å². The first-order chi connectivity index (χ1) is 11.2. The summed E-state index contributed by atoms with van der Waals surface area (Å²) in [5.41, 5.74) is 0.603. The fourth-order valence-corrected chi connectivity index (χ4v) is 3.41. The molecule has 1 aliphatic rings. The van der Waals surface area contributed by atoms with Gasteiger partial charge in [-0.1, -0.05) is 6.07 Å². The van der Waals surface area contributed by atoms with Gasteiger partial charge in [-0.2, -0.15) is 0 Å². The van der Waals surface area contributed by atoms with Crippen molar-refractivity contribution in [2.24, 2.45) is 0 Å². The van der Waals surface area contributed by atoms with E-state index in [9.17, 15) is 9.59 Å². The van der Waals surface area contributed by atoms with Gasteiger partial charge in [-0.05, 0) is 30.0 Å². The zero-order valence-corrected chi connectivity index (χ0v) is 13.7. The van der Waals surface area contributed by atoms with Gasteiger partial charge in [0.15, 0.2) is 0 Å². The van der Waals surface area contributed by atoms with Crippen LogP contribution in [0.2, 0.25) is 0 Å². The Morgan fingerprint density at radius 3 is 2.65 bits per heavy atom. The second-order valence-electron chi connectivity index (χ2n) is 5.52. The van der Waals surface area contributed by atoms with Gasteiger partial charge in [-0.25, -0.2) is 0 Å². The third kappa shape index (κ3) is 3.96. The van der Waals surface area contributed by atoms with Gasteiger partial charge in [-0.3, -0.25) is 14.6 Å². The van der Waals surface area contributed by atoms with Crippen molar-refractivity contribution in [2.45, 2.75) is 12.8 Å². The molecule has 0 aromatic carbocycles. The molecule has 6 heteroatoms. The summed E-state index contributed by atoms with van der Waals surface area (Å²) in [5, 5.41) is 1.99. The monoisotopic (exact) mass is 329 g/mol. The van der Waals surface area contributed by atoms with E-state index in [1.807, 2.05) is 27.3 Å². The molecule has 2 aromatic heterocycles. The molecule has 3 heterocycles. The highest BCUT2D eigenvalue weighted by Crippen LogP contribution is 2.13. The van der Waals surface area contributed by atoms with Crippen LogP contribution in [0.1, 0.15) is 21.7 Å². The molecular weight excluding hydrogens is 310 g/mol. The molecule has 23 heavy (non-hydrogen) atoms. The third-order valence-electron chi connectivity index (χ3n) is 3.95. The van der Waals surface area contributed by atoms with Gasteiger partial charge in [0, 0.05) is 43.4 Å². The third-order valence-corrected chi connectivity index (χ3v) is 4.83. The molecule has 0 atom stereocenters. The summed E-state index contributed by atoms with van der Waals surface area (Å²) < 4.78 is 0. The maximum atomic E-state index is 12.5. The van der Waals surface area contributed by atoms with Crippen LogP contribution in [-0.4, -0.2) is 52.8 Å². The van der Waals surface area contributed by atoms with Gasteiger partial charge >= 0.3 is 0 Å². The van der Waals surface area contributed by atoms with Crippen LogP contribution < -0.4 is 0 Å². The lowest BCUT2D eigenvalue weighted by molar-refractivity contribution is -0.130. The van der Waals surface area contributed by atoms with Crippen molar-refractivity contribution in [3.05, 3.63) is 52.5 Å². The molecule has 0 radical (unpaired) electrons. The molecule has 2 aromatic rings. The van der Waals surface area contributed by atoms with Crippen LogP contribution in [0.4, 0.5) is 0 Å². The summed E-state index contributed by atoms with van der Waals surface area (Å²) in [6.45, 7) is 2.55. The summed E-state index contributed by atoms with van der Waals surface area (Å²) in [7, 11) is 0. The molecule has 0 bridgehead atoms. The first-order valence-electron chi connectivity index (χ1n) is 7.73. The molecule has 1 aliphatic heterocycles. The number of carbonyl (C=O) groups excluding carboxylic acids is 2. The maximum absolute atomic E-state index is 12.5. The smallest absolute Gasteiger partial charge is 0.255 e. The molecule has 0 spiro atoms. The molecule has 120 valence electrons. The van der Waals surface area contributed by atoms with Crippen LogP contribution >= 0.6 is 11.3 Å². The molecule has 0 aliphatic carbocycles. The quantitative estimate of drug-likeness (QED) is 0.866. The lowest BCUT2D eigenvalue weighted by Crippen LogP contribution is -2.37. The number of pyridine rings is 1. The SMILES string of the molecule is O=C(Cc1cccs1)N1CCCN(C(=O)c2cccnc2)CC1. The zero-order chi connectivity index (χ0) is 16.1. The highest BCUT2D eigenvalue weighted by molar-refractivity contribution is 7.10. The number of amides is 2. The standard InChI is InChI=1S/C17H19N3O2S/c21-16(12-15-5-2-11-23-15)19-7-3-8-20(10-9-19)17(22)14-4-1-6-18-13-14/h1-2,4-6,11,13H,3,7-10,12H2. The Morgan fingerprint density at radius 1 is 1.09 bits per heavy atom. The molecule has 1 fully saturated rings. The van der Waals surface area contributed by atoms with Crippen molar-refractivity contribution in [3.63, 3.8) is 0 Å². The summed E-state index contributed by atoms with van der Waals surface area (Å²) in [6, 6.07) is 7.49. The zero-order valence-electron chi connectivity index (χ0n) is 12.9. The van der Waals surface area contributed by atoms with E-state index < -0.39 is 0 Å². The molecule has 1 saturated heterocycles. The predicted molar refractivity (Wildman–Crippen MR) is 89.4 cm³/mol. The van der Waals surface area contributed by atoms with Crippen molar-refractivity contribution >= 4 is 23.2 Å². The largest absolute Gasteiger partial charge is 0.341 e. The number of hydrogen-bond donors (Lipinski definition) is 0. The Hall–Kier alpha value is -2.21. The summed E-state index contributed by atoms with van der Waals surface area (Å²) in [6.07, 6.45) is 4.51. The Kier molecular flexibility index (Phi) is 5.02. The van der Waals surface area contributed by atoms with Gasteiger partial charge in [0.05, 0.1) is 12.0 Å². The molecule has 0 saturated carbocycles. The van der Waals surface area contributed by atoms with E-state index in [-0.39, 0.29) is 11.8 Å². The highest BCUT2D eigenvalue weighted by Gasteiger charge is 2.23. The topological polar surface area (TPSA) is 53.5 Å². The average Bonchev–Trinajstić information content (AvgIpc) is 2.96. The minimum Gasteiger partial charge on any atom is -0.341 e. The highest BCUT2D eigenvalue weighted by atomic mass is 32.1. The second kappa shape index (κ2) is 7.37. The number of aromatic nitrogens is 1. The van der Waals surface area contributed by atoms with Crippen LogP contribution in [-0.2, 0) is 11.2 Å². The van der Waals surface area contributed by atoms with E-state index in [4.69, 9.17) is 0 Å². The first kappa shape index (κ1) is 15.7. The van der Waals surface area contributed by atoms with E-state index in [1.165, 1.54) is 0 Å². The van der Waals surface area contributed by atoms with Crippen molar-refractivity contribution in [1.82, 2.24) is 14.8 Å². The normalized spacial score (nSPS) is 15.3. The fourth-order valence-electron chi connectivity index (χ4n) is 2.72. The summed E-state index contributed by atoms with van der Waals surface area (Å²) >= 11 is 1.60. The Bertz CT molecular complexity index is 658. The predicted octanol–water partition coefficient (Wildman–Crippen LogP) is 2.06. The van der Waals surface area contributed by atoms with Crippen molar-refractivity contribution < 1.29 is 9.59 Å². The van der Waals surface area contributed by atoms with E-state index in [0.29, 0.717) is 38.2 Å². The van der Waals surface area contributed by atoms with Gasteiger partial charge in [-0.15, -0.1) is 11.3 Å². The molecule has 0 unspecified atom stereocenters. The van der Waals surface area contributed by atoms with Crippen molar-refractivity contribution in [3.8, 4) is 0 Å². The molecular formula is C17H19N3O2S. The minimum atomic E-state index is -0.00865. The number of nitrogens with zero attached hydrogens (tertiary/aromatic N) is 3. The van der Waals surface area contributed by atoms with E-state index in [2.05, 4.69) is 4.98 Å². The number of thiophene rings is 1. The van der Waals surface area contributed by atoms with Gasteiger partial charge in [0.25, 0.3) is 5.91 Å². The Morgan fingerprint density at radius 2 is 1.91 bits per heavy atom. The fraction of sp³-hybridized carbons (Fsp3) is 0.353. The second-order valence-corrected chi connectivity index (χ2v) is 6.56. The number of carbonyl (C=O) groups is 2. The van der Waals surface area contributed by atoms with E-state index >= 15 is 0 Å². The lowest BCUT2D eigenvalue weighted by atomic mass is 10.2. The summed E-state index contributed by atoms with van der Waals surface area (Å²) in [4.78, 5) is 33.6. The summed E-state index contributed by atoms with van der Waals surface area (Å²) in [5.74, 6) is 0.133. The average molecular weight is 329 g/mol. The van der Waals surface area contributed by atoms with E-state index in [0.717, 1.165) is 11.3 Å². The van der Waals surface area contributed by atoms with Crippen LogP contribution in [0.5, 0.6) is 0 Å². The molecule has 5 nitrogen and oxygen atoms in total. The number of hydrogen-bond acceptors (Lipinski definition) is 4. The van der Waals surface area contributed by atoms with Gasteiger partial charge in [0.1, 0.15) is 0 Å². The Balaban J connectivity index is 1.59. The lowest BCUT2D eigenvalue weighted by Gasteiger charge is -2.22. The Labute approximate surface area is 139 Å². The van der Waals surface area contributed by atoms with Gasteiger partial charge < -0.3 is 9.80 Å². The van der Waals surface area contributed by atoms with Crippen LogP contribution in [0.25, 0.3) is 0 Å². The molecule has 3 rings (SSSR count). The minimum absolute atomic E-state index is 0.00865. The maximum Gasteiger partial charge on any atom is 0.255 e.